The molecule has 0 saturated carbocycles. The number of hydrogen-bond acceptors (Lipinski definition) is 4. The Morgan fingerprint density at radius 1 is 1.10 bits per heavy atom. The van der Waals surface area contributed by atoms with Crippen molar-refractivity contribution in [2.24, 2.45) is 0 Å². The summed E-state index contributed by atoms with van der Waals surface area (Å²) >= 11 is 1.45. The summed E-state index contributed by atoms with van der Waals surface area (Å²) in [6.07, 6.45) is 1.69. The second-order valence-electron chi connectivity index (χ2n) is 7.68. The van der Waals surface area contributed by atoms with E-state index >= 15 is 0 Å². The second kappa shape index (κ2) is 7.95. The summed E-state index contributed by atoms with van der Waals surface area (Å²) in [4.78, 5) is 33.1. The van der Waals surface area contributed by atoms with Crippen LogP contribution in [-0.4, -0.2) is 22.8 Å². The fourth-order valence-corrected chi connectivity index (χ4v) is 4.59. The first-order chi connectivity index (χ1) is 14.3. The Morgan fingerprint density at radius 3 is 2.67 bits per heavy atom. The lowest BCUT2D eigenvalue weighted by atomic mass is 10.0. The lowest BCUT2D eigenvalue weighted by Gasteiger charge is -2.27. The maximum atomic E-state index is 13.2. The number of anilines is 2. The van der Waals surface area contributed by atoms with E-state index in [0.29, 0.717) is 21.8 Å². The van der Waals surface area contributed by atoms with Crippen molar-refractivity contribution in [1.82, 2.24) is 4.98 Å². The molecule has 0 saturated heterocycles. The summed E-state index contributed by atoms with van der Waals surface area (Å²) in [6.45, 7) is 7.88. The number of fused-ring (bicyclic) bond motifs is 2. The van der Waals surface area contributed by atoms with Gasteiger partial charge in [0.1, 0.15) is 5.03 Å². The topological polar surface area (TPSA) is 62.3 Å². The van der Waals surface area contributed by atoms with Crippen LogP contribution in [0.1, 0.15) is 45.7 Å². The Hall–Kier alpha value is -3.12. The van der Waals surface area contributed by atoms with Gasteiger partial charge < -0.3 is 10.2 Å². The van der Waals surface area contributed by atoms with Crippen molar-refractivity contribution in [2.75, 3.05) is 10.2 Å². The molecule has 1 aromatic heterocycles. The minimum Gasteiger partial charge on any atom is -0.322 e. The fourth-order valence-electron chi connectivity index (χ4n) is 3.54. The number of nitrogens with zero attached hydrogens (tertiary/aromatic N) is 2. The molecule has 0 bridgehead atoms. The van der Waals surface area contributed by atoms with Gasteiger partial charge in [-0.1, -0.05) is 29.5 Å². The van der Waals surface area contributed by atoms with Crippen LogP contribution < -0.4 is 10.2 Å². The number of aryl methyl sites for hydroxylation is 2. The zero-order chi connectivity index (χ0) is 21.4. The molecule has 0 spiro atoms. The van der Waals surface area contributed by atoms with Gasteiger partial charge in [-0.05, 0) is 69.7 Å². The molecule has 0 unspecified atom stereocenters. The maximum absolute atomic E-state index is 13.2. The van der Waals surface area contributed by atoms with E-state index in [1.807, 2.05) is 70.2 Å². The van der Waals surface area contributed by atoms with Crippen LogP contribution >= 0.6 is 11.8 Å². The first-order valence-corrected chi connectivity index (χ1v) is 10.7. The molecule has 0 radical (unpaired) electrons. The number of hydrogen-bond donors (Lipinski definition) is 1. The molecule has 0 aliphatic carbocycles. The highest BCUT2D eigenvalue weighted by atomic mass is 32.2. The van der Waals surface area contributed by atoms with Crippen LogP contribution in [0.4, 0.5) is 11.4 Å². The van der Waals surface area contributed by atoms with Crippen LogP contribution in [0.15, 0.2) is 64.6 Å². The van der Waals surface area contributed by atoms with Gasteiger partial charge in [0.2, 0.25) is 0 Å². The molecule has 2 aromatic carbocycles. The Balaban J connectivity index is 1.72. The molecule has 2 heterocycles. The predicted molar refractivity (Wildman–Crippen MR) is 121 cm³/mol. The third kappa shape index (κ3) is 3.71. The highest BCUT2D eigenvalue weighted by Gasteiger charge is 2.30. The molecule has 152 valence electrons. The van der Waals surface area contributed by atoms with E-state index in [1.54, 1.807) is 17.2 Å². The van der Waals surface area contributed by atoms with Gasteiger partial charge in [-0.3, -0.25) is 9.59 Å². The molecule has 0 fully saturated rings. The summed E-state index contributed by atoms with van der Waals surface area (Å²) in [7, 11) is 0. The maximum Gasteiger partial charge on any atom is 0.261 e. The first kappa shape index (κ1) is 20.2. The lowest BCUT2D eigenvalue weighted by Crippen LogP contribution is -2.37. The van der Waals surface area contributed by atoms with Crippen molar-refractivity contribution in [2.45, 2.75) is 43.7 Å². The van der Waals surface area contributed by atoms with E-state index in [-0.39, 0.29) is 17.9 Å². The number of amides is 2. The molecule has 0 atom stereocenters. The van der Waals surface area contributed by atoms with Gasteiger partial charge in [0.15, 0.2) is 0 Å². The molecule has 5 nitrogen and oxygen atoms in total. The summed E-state index contributed by atoms with van der Waals surface area (Å²) in [5.41, 5.74) is 4.72. The van der Waals surface area contributed by atoms with E-state index in [2.05, 4.69) is 10.3 Å². The van der Waals surface area contributed by atoms with Gasteiger partial charge in [-0.15, -0.1) is 0 Å². The van der Waals surface area contributed by atoms with E-state index in [1.165, 1.54) is 11.8 Å². The van der Waals surface area contributed by atoms with Crippen LogP contribution in [0.2, 0.25) is 0 Å². The minimum atomic E-state index is -0.148. The number of carbonyl (C=O) groups excluding carboxylic acids is 2. The van der Waals surface area contributed by atoms with Gasteiger partial charge in [-0.25, -0.2) is 4.98 Å². The number of benzene rings is 2. The van der Waals surface area contributed by atoms with Gasteiger partial charge in [0.25, 0.3) is 11.8 Å². The van der Waals surface area contributed by atoms with Crippen molar-refractivity contribution < 1.29 is 9.59 Å². The number of carbonyl (C=O) groups is 2. The number of nitrogens with one attached hydrogen (secondary N) is 1. The highest BCUT2D eigenvalue weighted by Crippen LogP contribution is 2.42. The number of aromatic nitrogens is 1. The quantitative estimate of drug-likeness (QED) is 0.614. The van der Waals surface area contributed by atoms with Crippen molar-refractivity contribution in [1.29, 1.82) is 0 Å². The molecule has 4 rings (SSSR count). The summed E-state index contributed by atoms with van der Waals surface area (Å²) < 4.78 is 0. The number of rotatable bonds is 3. The van der Waals surface area contributed by atoms with Crippen LogP contribution in [-0.2, 0) is 0 Å². The fraction of sp³-hybridized carbons (Fsp3) is 0.208. The average Bonchev–Trinajstić information content (AvgIpc) is 2.83. The molecule has 3 aromatic rings. The van der Waals surface area contributed by atoms with E-state index in [0.717, 1.165) is 21.7 Å². The summed E-state index contributed by atoms with van der Waals surface area (Å²) in [5, 5.41) is 3.67. The van der Waals surface area contributed by atoms with E-state index in [9.17, 15) is 9.59 Å². The Bertz CT molecular complexity index is 1160. The average molecular weight is 418 g/mol. The molecule has 6 heteroatoms. The normalized spacial score (nSPS) is 13.0. The van der Waals surface area contributed by atoms with Crippen molar-refractivity contribution >= 4 is 35.0 Å². The van der Waals surface area contributed by atoms with Gasteiger partial charge in [0.05, 0.1) is 11.3 Å². The molecule has 1 N–H and O–H groups in total. The summed E-state index contributed by atoms with van der Waals surface area (Å²) in [6, 6.07) is 15.1. The Kier molecular flexibility index (Phi) is 5.35. The third-order valence-electron chi connectivity index (χ3n) is 5.06. The molecule has 1 aliphatic heterocycles. The zero-order valence-corrected chi connectivity index (χ0v) is 18.2. The lowest BCUT2D eigenvalue weighted by molar-refractivity contribution is 0.0975. The van der Waals surface area contributed by atoms with Crippen LogP contribution in [0.5, 0.6) is 0 Å². The Labute approximate surface area is 180 Å². The number of pyridine rings is 1. The first-order valence-electron chi connectivity index (χ1n) is 9.84. The van der Waals surface area contributed by atoms with Crippen LogP contribution in [0.3, 0.4) is 0 Å². The monoisotopic (exact) mass is 417 g/mol. The molecule has 30 heavy (non-hydrogen) atoms. The largest absolute Gasteiger partial charge is 0.322 e. The highest BCUT2D eigenvalue weighted by molar-refractivity contribution is 7.99. The smallest absolute Gasteiger partial charge is 0.261 e. The second-order valence-corrected chi connectivity index (χ2v) is 8.71. The van der Waals surface area contributed by atoms with Crippen molar-refractivity contribution in [3.05, 3.63) is 77.0 Å². The molecular weight excluding hydrogens is 394 g/mol. The third-order valence-corrected chi connectivity index (χ3v) is 6.12. The summed E-state index contributed by atoms with van der Waals surface area (Å²) in [5.74, 6) is -0.211. The minimum absolute atomic E-state index is 0.0154. The molecular formula is C24H23N3O2S. The predicted octanol–water partition coefficient (Wildman–Crippen LogP) is 5.47. The van der Waals surface area contributed by atoms with Gasteiger partial charge in [0, 0.05) is 28.4 Å². The van der Waals surface area contributed by atoms with Crippen LogP contribution in [0, 0.1) is 13.8 Å². The zero-order valence-electron chi connectivity index (χ0n) is 17.4. The standard InChI is InChI=1S/C24H23N3O2S/c1-14(2)27-20-10-9-17(26-22(28)19-12-15(3)7-8-16(19)4)13-21(20)30-23-18(24(27)29)6-5-11-25-23/h5-14H,1-4H3,(H,26,28). The van der Waals surface area contributed by atoms with E-state index < -0.39 is 0 Å². The Morgan fingerprint density at radius 2 is 1.90 bits per heavy atom. The van der Waals surface area contributed by atoms with E-state index in [4.69, 9.17) is 0 Å². The molecule has 1 aliphatic rings. The van der Waals surface area contributed by atoms with Gasteiger partial charge in [-0.2, -0.15) is 0 Å². The van der Waals surface area contributed by atoms with Crippen molar-refractivity contribution in [3.63, 3.8) is 0 Å². The molecule has 2 amide bonds. The van der Waals surface area contributed by atoms with Crippen LogP contribution in [0.25, 0.3) is 0 Å². The van der Waals surface area contributed by atoms with Crippen molar-refractivity contribution in [3.8, 4) is 0 Å². The SMILES string of the molecule is Cc1ccc(C)c(C(=O)Nc2ccc3c(c2)Sc2ncccc2C(=O)N3C(C)C)c1. The van der Waals surface area contributed by atoms with Gasteiger partial charge >= 0.3 is 0 Å².